The highest BCUT2D eigenvalue weighted by Crippen LogP contribution is 2.15. The summed E-state index contributed by atoms with van der Waals surface area (Å²) in [6.07, 6.45) is 21.1. The molecule has 52 heavy (non-hydrogen) atoms. The molecule has 1 rings (SSSR count). The molecular weight excluding hydrogens is 664 g/mol. The fourth-order valence-corrected chi connectivity index (χ4v) is 5.31. The maximum atomic E-state index is 13.2. The van der Waals surface area contributed by atoms with Crippen LogP contribution in [0.3, 0.4) is 0 Å². The van der Waals surface area contributed by atoms with Crippen LogP contribution in [0.5, 0.6) is 5.75 Å². The van der Waals surface area contributed by atoms with E-state index in [-0.39, 0.29) is 11.8 Å². The number of hydrogen-bond donors (Lipinski definition) is 2. The van der Waals surface area contributed by atoms with E-state index in [1.54, 1.807) is 14.2 Å². The minimum absolute atomic E-state index is 0.102. The number of unbranched alkanes of at least 4 members (excludes halogenated alkanes) is 11. The van der Waals surface area contributed by atoms with Gasteiger partial charge in [-0.05, 0) is 49.8 Å². The lowest BCUT2D eigenvalue weighted by atomic mass is 10.0. The van der Waals surface area contributed by atoms with Crippen molar-refractivity contribution in [3.63, 3.8) is 0 Å². The lowest BCUT2D eigenvalue weighted by Gasteiger charge is -2.19. The maximum absolute atomic E-state index is 13.2. The number of allylic oxidation sites excluding steroid dienone is 2. The fourth-order valence-electron chi connectivity index (χ4n) is 5.31. The van der Waals surface area contributed by atoms with Crippen molar-refractivity contribution >= 4 is 11.8 Å². The molecule has 1 unspecified atom stereocenters. The Balaban J connectivity index is 2.41. The van der Waals surface area contributed by atoms with Crippen LogP contribution >= 0.6 is 0 Å². The standard InChI is InChI=1S/C41H72N2O9/c1-4-5-6-7-8-9-10-11-12-13-14-15-16-17-18-19-40(44)43-39(41(45)42-24-25-48-30-31-49-28-26-46-2)36-37-20-22-38(23-21-37)52-35-34-51-33-32-50-29-27-47-3/h9-10,20-23,39H,4-8,11-19,24-36H2,1-3H3,(H,42,45)(H,43,44)/b10-9+. The highest BCUT2D eigenvalue weighted by molar-refractivity contribution is 5.87. The zero-order valence-electron chi connectivity index (χ0n) is 32.8. The molecule has 0 saturated heterocycles. The number of methoxy groups -OCH3 is 2. The largest absolute Gasteiger partial charge is 0.491 e. The summed E-state index contributed by atoms with van der Waals surface area (Å²) in [5, 5.41) is 5.90. The van der Waals surface area contributed by atoms with Gasteiger partial charge in [-0.3, -0.25) is 9.59 Å². The van der Waals surface area contributed by atoms with Crippen LogP contribution in [-0.4, -0.2) is 111 Å². The van der Waals surface area contributed by atoms with Gasteiger partial charge in [0, 0.05) is 33.6 Å². The summed E-state index contributed by atoms with van der Waals surface area (Å²) in [4.78, 5) is 26.1. The highest BCUT2D eigenvalue weighted by atomic mass is 16.6. The average molecular weight is 737 g/mol. The van der Waals surface area contributed by atoms with Crippen LogP contribution in [0.1, 0.15) is 102 Å². The Morgan fingerprint density at radius 1 is 0.615 bits per heavy atom. The van der Waals surface area contributed by atoms with Crippen LogP contribution in [0, 0.1) is 0 Å². The van der Waals surface area contributed by atoms with E-state index >= 15 is 0 Å². The zero-order valence-corrected chi connectivity index (χ0v) is 32.8. The van der Waals surface area contributed by atoms with Gasteiger partial charge in [0.25, 0.3) is 0 Å². The summed E-state index contributed by atoms with van der Waals surface area (Å²) in [5.41, 5.74) is 0.921. The van der Waals surface area contributed by atoms with Crippen LogP contribution in [-0.2, 0) is 44.4 Å². The summed E-state index contributed by atoms with van der Waals surface area (Å²) in [6, 6.07) is 6.89. The van der Waals surface area contributed by atoms with Crippen LogP contribution in [0.4, 0.5) is 0 Å². The molecular formula is C41H72N2O9. The van der Waals surface area contributed by atoms with Gasteiger partial charge in [0.1, 0.15) is 18.4 Å². The van der Waals surface area contributed by atoms with Gasteiger partial charge in [-0.15, -0.1) is 0 Å². The van der Waals surface area contributed by atoms with E-state index in [2.05, 4.69) is 29.7 Å². The predicted molar refractivity (Wildman–Crippen MR) is 207 cm³/mol. The molecule has 2 N–H and O–H groups in total. The third-order valence-corrected chi connectivity index (χ3v) is 8.33. The summed E-state index contributed by atoms with van der Waals surface area (Å²) >= 11 is 0. The average Bonchev–Trinajstić information content (AvgIpc) is 3.15. The molecule has 0 bridgehead atoms. The van der Waals surface area contributed by atoms with Crippen molar-refractivity contribution in [3.05, 3.63) is 42.0 Å². The minimum atomic E-state index is -0.693. The molecule has 0 aliphatic carbocycles. The van der Waals surface area contributed by atoms with Crippen molar-refractivity contribution in [2.24, 2.45) is 0 Å². The molecule has 0 aliphatic heterocycles. The van der Waals surface area contributed by atoms with Gasteiger partial charge in [0.05, 0.1) is 66.1 Å². The predicted octanol–water partition coefficient (Wildman–Crippen LogP) is 6.61. The number of ether oxygens (including phenoxy) is 7. The smallest absolute Gasteiger partial charge is 0.243 e. The van der Waals surface area contributed by atoms with E-state index in [1.165, 1.54) is 64.2 Å². The number of carbonyl (C=O) groups excluding carboxylic acids is 2. The Kier molecular flexibility index (Phi) is 33.6. The molecule has 0 heterocycles. The zero-order chi connectivity index (χ0) is 37.6. The Bertz CT molecular complexity index is 978. The van der Waals surface area contributed by atoms with Crippen molar-refractivity contribution in [1.82, 2.24) is 10.6 Å². The number of rotatable bonds is 38. The lowest BCUT2D eigenvalue weighted by molar-refractivity contribution is -0.129. The quantitative estimate of drug-likeness (QED) is 0.0571. The van der Waals surface area contributed by atoms with Gasteiger partial charge in [0.2, 0.25) is 11.8 Å². The Morgan fingerprint density at radius 2 is 1.12 bits per heavy atom. The van der Waals surface area contributed by atoms with Gasteiger partial charge in [-0.25, -0.2) is 0 Å². The molecule has 11 nitrogen and oxygen atoms in total. The molecule has 0 fully saturated rings. The maximum Gasteiger partial charge on any atom is 0.243 e. The van der Waals surface area contributed by atoms with Gasteiger partial charge >= 0.3 is 0 Å². The van der Waals surface area contributed by atoms with Crippen molar-refractivity contribution in [3.8, 4) is 5.75 Å². The van der Waals surface area contributed by atoms with Gasteiger partial charge in [0.15, 0.2) is 0 Å². The van der Waals surface area contributed by atoms with Gasteiger partial charge in [-0.2, -0.15) is 0 Å². The molecule has 1 aromatic rings. The molecule has 0 aromatic heterocycles. The molecule has 0 aliphatic rings. The van der Waals surface area contributed by atoms with E-state index in [1.807, 2.05) is 24.3 Å². The van der Waals surface area contributed by atoms with Crippen molar-refractivity contribution in [2.75, 3.05) is 93.4 Å². The van der Waals surface area contributed by atoms with Crippen LogP contribution in [0.25, 0.3) is 0 Å². The van der Waals surface area contributed by atoms with E-state index in [0.717, 1.165) is 24.8 Å². The summed E-state index contributed by atoms with van der Waals surface area (Å²) < 4.78 is 37.6. The van der Waals surface area contributed by atoms with Crippen LogP contribution in [0.15, 0.2) is 36.4 Å². The molecule has 0 spiro atoms. The minimum Gasteiger partial charge on any atom is -0.491 e. The molecule has 0 radical (unpaired) electrons. The van der Waals surface area contributed by atoms with E-state index < -0.39 is 6.04 Å². The first kappa shape index (κ1) is 47.5. The van der Waals surface area contributed by atoms with E-state index in [0.29, 0.717) is 97.8 Å². The molecule has 1 atom stereocenters. The molecule has 11 heteroatoms. The highest BCUT2D eigenvalue weighted by Gasteiger charge is 2.21. The number of nitrogens with one attached hydrogen (secondary N) is 2. The Hall–Kier alpha value is -2.54. The van der Waals surface area contributed by atoms with E-state index in [4.69, 9.17) is 33.2 Å². The SMILES string of the molecule is CCCCCC/C=C/CCCCCCCCCC(=O)NC(Cc1ccc(OCCOCCOCCOC)cc1)C(=O)NCCOCCOCCOC. The second-order valence-electron chi connectivity index (χ2n) is 12.9. The fraction of sp³-hybridized carbons (Fsp3) is 0.756. The summed E-state index contributed by atoms with van der Waals surface area (Å²) in [6.45, 7) is 7.88. The monoisotopic (exact) mass is 737 g/mol. The Morgan fingerprint density at radius 3 is 1.69 bits per heavy atom. The normalized spacial score (nSPS) is 12.0. The first-order valence-corrected chi connectivity index (χ1v) is 19.8. The van der Waals surface area contributed by atoms with Crippen molar-refractivity contribution < 1.29 is 42.7 Å². The third kappa shape index (κ3) is 30.0. The van der Waals surface area contributed by atoms with Crippen LogP contribution in [0.2, 0.25) is 0 Å². The summed E-state index contributed by atoms with van der Waals surface area (Å²) in [5.74, 6) is 0.375. The van der Waals surface area contributed by atoms with E-state index in [9.17, 15) is 9.59 Å². The van der Waals surface area contributed by atoms with Crippen molar-refractivity contribution in [2.45, 2.75) is 109 Å². The van der Waals surface area contributed by atoms with Gasteiger partial charge < -0.3 is 43.8 Å². The first-order chi connectivity index (χ1) is 25.6. The second kappa shape index (κ2) is 36.8. The third-order valence-electron chi connectivity index (χ3n) is 8.33. The Labute approximate surface area is 315 Å². The number of amides is 2. The molecule has 2 amide bonds. The molecule has 0 saturated carbocycles. The first-order valence-electron chi connectivity index (χ1n) is 19.8. The number of hydrogen-bond acceptors (Lipinski definition) is 9. The van der Waals surface area contributed by atoms with Crippen LogP contribution < -0.4 is 15.4 Å². The number of benzene rings is 1. The summed E-state index contributed by atoms with van der Waals surface area (Å²) in [7, 11) is 3.27. The van der Waals surface area contributed by atoms with Gasteiger partial charge in [-0.1, -0.05) is 82.6 Å². The molecule has 1 aromatic carbocycles. The molecule has 300 valence electrons. The second-order valence-corrected chi connectivity index (χ2v) is 12.9. The number of carbonyl (C=O) groups is 2. The van der Waals surface area contributed by atoms with Crippen molar-refractivity contribution in [1.29, 1.82) is 0 Å². The lowest BCUT2D eigenvalue weighted by Crippen LogP contribution is -2.48. The topological polar surface area (TPSA) is 123 Å².